The van der Waals surface area contributed by atoms with Gasteiger partial charge in [0.05, 0.1) is 12.8 Å². The number of carbonyl (C=O) groups excluding carboxylic acids is 1. The van der Waals surface area contributed by atoms with E-state index in [2.05, 4.69) is 46.9 Å². The summed E-state index contributed by atoms with van der Waals surface area (Å²) < 4.78 is 5.93. The van der Waals surface area contributed by atoms with Gasteiger partial charge in [-0.25, -0.2) is 9.78 Å². The summed E-state index contributed by atoms with van der Waals surface area (Å²) in [4.78, 5) is 15.4. The molecular formula is C8H8Br2N2O2. The van der Waals surface area contributed by atoms with Crippen LogP contribution in [0.15, 0.2) is 15.1 Å². The molecule has 1 heterocycles. The lowest BCUT2D eigenvalue weighted by Gasteiger charge is -2.08. The number of esters is 1. The van der Waals surface area contributed by atoms with Gasteiger partial charge in [-0.3, -0.25) is 0 Å². The highest BCUT2D eigenvalue weighted by Gasteiger charge is 2.16. The molecule has 0 aliphatic rings. The summed E-state index contributed by atoms with van der Waals surface area (Å²) >= 11 is 6.51. The molecule has 14 heavy (non-hydrogen) atoms. The molecule has 0 amide bonds. The van der Waals surface area contributed by atoms with E-state index in [4.69, 9.17) is 0 Å². The highest BCUT2D eigenvalue weighted by molar-refractivity contribution is 9.11. The zero-order valence-corrected chi connectivity index (χ0v) is 10.8. The second-order valence-electron chi connectivity index (χ2n) is 2.39. The topological polar surface area (TPSA) is 51.2 Å². The number of nitrogens with one attached hydrogen (secondary N) is 1. The Morgan fingerprint density at radius 1 is 1.57 bits per heavy atom. The SMILES string of the molecule is CNc1c(Br)cc(Br)nc1C(=O)OC. The van der Waals surface area contributed by atoms with Gasteiger partial charge in [0.25, 0.3) is 0 Å². The van der Waals surface area contributed by atoms with Crippen molar-refractivity contribution < 1.29 is 9.53 Å². The third kappa shape index (κ3) is 2.24. The monoisotopic (exact) mass is 322 g/mol. The normalized spacial score (nSPS) is 9.71. The van der Waals surface area contributed by atoms with Gasteiger partial charge in [0.1, 0.15) is 4.60 Å². The molecule has 6 heteroatoms. The van der Waals surface area contributed by atoms with Crippen LogP contribution in [0.3, 0.4) is 0 Å². The Balaban J connectivity index is 3.32. The predicted octanol–water partition coefficient (Wildman–Crippen LogP) is 2.43. The summed E-state index contributed by atoms with van der Waals surface area (Å²) in [6.45, 7) is 0. The first-order valence-corrected chi connectivity index (χ1v) is 5.31. The van der Waals surface area contributed by atoms with Crippen LogP contribution in [0.5, 0.6) is 0 Å². The summed E-state index contributed by atoms with van der Waals surface area (Å²) in [5, 5.41) is 2.88. The third-order valence-corrected chi connectivity index (χ3v) is 2.60. The van der Waals surface area contributed by atoms with Gasteiger partial charge in [-0.2, -0.15) is 0 Å². The molecule has 0 saturated carbocycles. The molecule has 1 N–H and O–H groups in total. The van der Waals surface area contributed by atoms with Gasteiger partial charge >= 0.3 is 5.97 Å². The molecule has 1 aromatic rings. The molecule has 0 saturated heterocycles. The van der Waals surface area contributed by atoms with Crippen molar-refractivity contribution in [2.45, 2.75) is 0 Å². The Labute approximate surface area is 98.3 Å². The molecule has 4 nitrogen and oxygen atoms in total. The lowest BCUT2D eigenvalue weighted by molar-refractivity contribution is 0.0595. The third-order valence-electron chi connectivity index (χ3n) is 1.57. The van der Waals surface area contributed by atoms with Crippen molar-refractivity contribution in [2.24, 2.45) is 0 Å². The number of hydrogen-bond donors (Lipinski definition) is 1. The Hall–Kier alpha value is -0.620. The van der Waals surface area contributed by atoms with Crippen LogP contribution >= 0.6 is 31.9 Å². The number of anilines is 1. The van der Waals surface area contributed by atoms with Crippen LogP contribution in [0.1, 0.15) is 10.5 Å². The minimum atomic E-state index is -0.476. The molecule has 1 rings (SSSR count). The van der Waals surface area contributed by atoms with Crippen molar-refractivity contribution >= 4 is 43.5 Å². The molecule has 0 aliphatic heterocycles. The van der Waals surface area contributed by atoms with Gasteiger partial charge in [0.15, 0.2) is 5.69 Å². The van der Waals surface area contributed by atoms with Crippen molar-refractivity contribution in [1.82, 2.24) is 4.98 Å². The number of pyridine rings is 1. The summed E-state index contributed by atoms with van der Waals surface area (Å²) in [7, 11) is 3.03. The van der Waals surface area contributed by atoms with E-state index in [0.717, 1.165) is 4.47 Å². The Morgan fingerprint density at radius 2 is 2.21 bits per heavy atom. The first-order valence-electron chi connectivity index (χ1n) is 3.72. The van der Waals surface area contributed by atoms with Crippen molar-refractivity contribution in [1.29, 1.82) is 0 Å². The average molecular weight is 324 g/mol. The summed E-state index contributed by atoms with van der Waals surface area (Å²) in [5.41, 5.74) is 0.858. The van der Waals surface area contributed by atoms with E-state index < -0.39 is 5.97 Å². The maximum absolute atomic E-state index is 11.3. The van der Waals surface area contributed by atoms with Gasteiger partial charge in [-0.1, -0.05) is 0 Å². The van der Waals surface area contributed by atoms with Crippen LogP contribution in [0.4, 0.5) is 5.69 Å². The van der Waals surface area contributed by atoms with E-state index in [1.165, 1.54) is 7.11 Å². The Bertz CT molecular complexity index is 369. The second kappa shape index (κ2) is 4.75. The number of halogens is 2. The zero-order valence-electron chi connectivity index (χ0n) is 7.60. The van der Waals surface area contributed by atoms with Crippen molar-refractivity contribution in [3.63, 3.8) is 0 Å². The Kier molecular flexibility index (Phi) is 3.88. The molecule has 76 valence electrons. The molecule has 1 aromatic heterocycles. The molecule has 0 spiro atoms. The first kappa shape index (κ1) is 11.5. The molecule has 0 atom stereocenters. The Morgan fingerprint density at radius 3 is 2.71 bits per heavy atom. The molecule has 0 aromatic carbocycles. The first-order chi connectivity index (χ1) is 6.60. The standard InChI is InChI=1S/C8H8Br2N2O2/c1-11-6-4(9)3-5(10)12-7(6)8(13)14-2/h3,11H,1-2H3. The van der Waals surface area contributed by atoms with Crippen molar-refractivity contribution in [3.05, 3.63) is 20.8 Å². The van der Waals surface area contributed by atoms with Crippen LogP contribution < -0.4 is 5.32 Å². The van der Waals surface area contributed by atoms with Crippen LogP contribution in [-0.4, -0.2) is 25.1 Å². The predicted molar refractivity (Wildman–Crippen MR) is 60.5 cm³/mol. The number of nitrogens with zero attached hydrogens (tertiary/aromatic N) is 1. The van der Waals surface area contributed by atoms with E-state index in [1.807, 2.05) is 0 Å². The van der Waals surface area contributed by atoms with E-state index in [0.29, 0.717) is 10.3 Å². The van der Waals surface area contributed by atoms with Gasteiger partial charge in [-0.05, 0) is 37.9 Å². The maximum atomic E-state index is 11.3. The van der Waals surface area contributed by atoms with Crippen LogP contribution in [0.25, 0.3) is 0 Å². The fourth-order valence-corrected chi connectivity index (χ4v) is 2.28. The van der Waals surface area contributed by atoms with E-state index >= 15 is 0 Å². The summed E-state index contributed by atoms with van der Waals surface area (Å²) in [5.74, 6) is -0.476. The largest absolute Gasteiger partial charge is 0.464 e. The molecule has 0 unspecified atom stereocenters. The lowest BCUT2D eigenvalue weighted by Crippen LogP contribution is -2.09. The lowest BCUT2D eigenvalue weighted by atomic mass is 10.3. The maximum Gasteiger partial charge on any atom is 0.358 e. The van der Waals surface area contributed by atoms with Crippen LogP contribution in [0.2, 0.25) is 0 Å². The van der Waals surface area contributed by atoms with Gasteiger partial charge in [0, 0.05) is 11.5 Å². The number of aromatic nitrogens is 1. The number of rotatable bonds is 2. The molecule has 0 aliphatic carbocycles. The van der Waals surface area contributed by atoms with Gasteiger partial charge in [-0.15, -0.1) is 0 Å². The summed E-state index contributed by atoms with van der Waals surface area (Å²) in [6, 6.07) is 1.75. The molecule has 0 fully saturated rings. The number of carbonyl (C=O) groups is 1. The number of ether oxygens (including phenoxy) is 1. The zero-order chi connectivity index (χ0) is 10.7. The van der Waals surface area contributed by atoms with Crippen LogP contribution in [0, 0.1) is 0 Å². The van der Waals surface area contributed by atoms with Crippen molar-refractivity contribution in [3.8, 4) is 0 Å². The molecule has 0 radical (unpaired) electrons. The van der Waals surface area contributed by atoms with Gasteiger partial charge < -0.3 is 10.1 Å². The quantitative estimate of drug-likeness (QED) is 0.671. The minimum absolute atomic E-state index is 0.247. The number of methoxy groups -OCH3 is 1. The summed E-state index contributed by atoms with van der Waals surface area (Å²) in [6.07, 6.45) is 0. The van der Waals surface area contributed by atoms with E-state index in [9.17, 15) is 4.79 Å². The second-order valence-corrected chi connectivity index (χ2v) is 4.06. The van der Waals surface area contributed by atoms with E-state index in [1.54, 1.807) is 13.1 Å². The number of hydrogen-bond acceptors (Lipinski definition) is 4. The highest BCUT2D eigenvalue weighted by Crippen LogP contribution is 2.28. The average Bonchev–Trinajstić information content (AvgIpc) is 2.15. The molecule has 0 bridgehead atoms. The van der Waals surface area contributed by atoms with Gasteiger partial charge in [0.2, 0.25) is 0 Å². The fourth-order valence-electron chi connectivity index (χ4n) is 0.967. The smallest absolute Gasteiger partial charge is 0.358 e. The van der Waals surface area contributed by atoms with Crippen molar-refractivity contribution in [2.75, 3.05) is 19.5 Å². The fraction of sp³-hybridized carbons (Fsp3) is 0.250. The highest BCUT2D eigenvalue weighted by atomic mass is 79.9. The molecular weight excluding hydrogens is 316 g/mol. The minimum Gasteiger partial charge on any atom is -0.464 e. The van der Waals surface area contributed by atoms with Crippen LogP contribution in [-0.2, 0) is 4.74 Å². The van der Waals surface area contributed by atoms with E-state index in [-0.39, 0.29) is 5.69 Å².